The van der Waals surface area contributed by atoms with Crippen molar-refractivity contribution < 1.29 is 9.59 Å². The molecule has 0 radical (unpaired) electrons. The number of anilines is 1. The van der Waals surface area contributed by atoms with E-state index in [9.17, 15) is 9.59 Å². The van der Waals surface area contributed by atoms with Gasteiger partial charge in [0.1, 0.15) is 0 Å². The number of benzene rings is 1. The molecule has 4 nitrogen and oxygen atoms in total. The number of hydrogen-bond donors (Lipinski definition) is 2. The number of nitrogens with one attached hydrogen (secondary N) is 2. The lowest BCUT2D eigenvalue weighted by molar-refractivity contribution is -0.124. The third-order valence-corrected chi connectivity index (χ3v) is 3.25. The highest BCUT2D eigenvalue weighted by Crippen LogP contribution is 2.18. The molecule has 0 unspecified atom stereocenters. The van der Waals surface area contributed by atoms with Crippen LogP contribution in [0, 0.1) is 5.92 Å². The van der Waals surface area contributed by atoms with Crippen LogP contribution in [-0.4, -0.2) is 24.6 Å². The van der Waals surface area contributed by atoms with Gasteiger partial charge in [0.2, 0.25) is 11.8 Å². The fourth-order valence-corrected chi connectivity index (χ4v) is 1.89. The summed E-state index contributed by atoms with van der Waals surface area (Å²) in [7, 11) is 0. The first-order chi connectivity index (χ1) is 9.02. The molecule has 5 heteroatoms. The van der Waals surface area contributed by atoms with E-state index < -0.39 is 0 Å². The van der Waals surface area contributed by atoms with E-state index in [1.807, 2.05) is 44.4 Å². The van der Waals surface area contributed by atoms with Gasteiger partial charge in [-0.2, -0.15) is 0 Å². The van der Waals surface area contributed by atoms with E-state index in [1.165, 1.54) is 0 Å². The number of hydrogen-bond acceptors (Lipinski definition) is 3. The fraction of sp³-hybridized carbons (Fsp3) is 0.429. The Balaban J connectivity index is 2.36. The fourth-order valence-electron chi connectivity index (χ4n) is 1.43. The molecule has 0 atom stereocenters. The number of thioether (sulfide) groups is 1. The van der Waals surface area contributed by atoms with Crippen molar-refractivity contribution >= 4 is 29.3 Å². The lowest BCUT2D eigenvalue weighted by Crippen LogP contribution is -2.30. The molecule has 0 aliphatic carbocycles. The van der Waals surface area contributed by atoms with Crippen LogP contribution in [0.5, 0.6) is 0 Å². The average molecular weight is 280 g/mol. The van der Waals surface area contributed by atoms with Gasteiger partial charge < -0.3 is 10.6 Å². The number of carbonyl (C=O) groups is 2. The molecule has 0 bridgehead atoms. The van der Waals surface area contributed by atoms with E-state index in [0.717, 1.165) is 10.6 Å². The van der Waals surface area contributed by atoms with E-state index in [-0.39, 0.29) is 24.2 Å². The summed E-state index contributed by atoms with van der Waals surface area (Å²) in [4.78, 5) is 24.1. The maximum absolute atomic E-state index is 11.7. The molecule has 0 heterocycles. The Kier molecular flexibility index (Phi) is 6.42. The zero-order chi connectivity index (χ0) is 14.3. The largest absolute Gasteiger partial charge is 0.355 e. The van der Waals surface area contributed by atoms with Gasteiger partial charge in [0, 0.05) is 29.5 Å². The molecule has 0 fully saturated rings. The molecule has 2 amide bonds. The summed E-state index contributed by atoms with van der Waals surface area (Å²) < 4.78 is 0. The van der Waals surface area contributed by atoms with Crippen molar-refractivity contribution in [1.82, 2.24) is 5.32 Å². The zero-order valence-electron chi connectivity index (χ0n) is 11.5. The van der Waals surface area contributed by atoms with Gasteiger partial charge in [-0.1, -0.05) is 19.9 Å². The van der Waals surface area contributed by atoms with Gasteiger partial charge in [-0.05, 0) is 24.5 Å². The first-order valence-electron chi connectivity index (χ1n) is 6.24. The molecule has 104 valence electrons. The zero-order valence-corrected chi connectivity index (χ0v) is 12.3. The van der Waals surface area contributed by atoms with Crippen LogP contribution in [0.2, 0.25) is 0 Å². The molecular weight excluding hydrogens is 260 g/mol. The second kappa shape index (κ2) is 7.84. The first kappa shape index (κ1) is 15.6. The van der Waals surface area contributed by atoms with Crippen molar-refractivity contribution in [2.45, 2.75) is 25.2 Å². The Hall–Kier alpha value is -1.49. The van der Waals surface area contributed by atoms with E-state index in [2.05, 4.69) is 10.6 Å². The second-order valence-electron chi connectivity index (χ2n) is 4.48. The summed E-state index contributed by atoms with van der Waals surface area (Å²) in [5.41, 5.74) is 0.784. The van der Waals surface area contributed by atoms with Crippen LogP contribution in [0.3, 0.4) is 0 Å². The maximum atomic E-state index is 11.7. The van der Waals surface area contributed by atoms with Gasteiger partial charge >= 0.3 is 0 Å². The van der Waals surface area contributed by atoms with Gasteiger partial charge in [0.25, 0.3) is 0 Å². The minimum absolute atomic E-state index is 0.0304. The van der Waals surface area contributed by atoms with Crippen LogP contribution >= 0.6 is 11.8 Å². The van der Waals surface area contributed by atoms with Crippen molar-refractivity contribution in [3.63, 3.8) is 0 Å². The average Bonchev–Trinajstić information content (AvgIpc) is 2.38. The van der Waals surface area contributed by atoms with E-state index in [4.69, 9.17) is 0 Å². The van der Waals surface area contributed by atoms with Crippen LogP contribution in [-0.2, 0) is 9.59 Å². The Bertz CT molecular complexity index is 447. The standard InChI is InChI=1S/C14H20N2O2S/c1-10(2)14(18)15-8-7-13(17)16-11-5-4-6-12(9-11)19-3/h4-6,9-10H,7-8H2,1-3H3,(H,15,18)(H,16,17). The topological polar surface area (TPSA) is 58.2 Å². The van der Waals surface area contributed by atoms with Crippen molar-refractivity contribution in [3.05, 3.63) is 24.3 Å². The SMILES string of the molecule is CSc1cccc(NC(=O)CCNC(=O)C(C)C)c1. The quantitative estimate of drug-likeness (QED) is 0.787. The van der Waals surface area contributed by atoms with Crippen molar-refractivity contribution in [1.29, 1.82) is 0 Å². The van der Waals surface area contributed by atoms with Crippen molar-refractivity contribution in [3.8, 4) is 0 Å². The summed E-state index contributed by atoms with van der Waals surface area (Å²) in [6.45, 7) is 4.01. The molecule has 0 spiro atoms. The van der Waals surface area contributed by atoms with Crippen LogP contribution in [0.15, 0.2) is 29.2 Å². The Morgan fingerprint density at radius 1 is 1.32 bits per heavy atom. The first-order valence-corrected chi connectivity index (χ1v) is 7.47. The summed E-state index contributed by atoms with van der Waals surface area (Å²) >= 11 is 1.63. The van der Waals surface area contributed by atoms with E-state index in [0.29, 0.717) is 6.54 Å². The Labute approximate surface area is 118 Å². The lowest BCUT2D eigenvalue weighted by Gasteiger charge is -2.08. The van der Waals surface area contributed by atoms with Crippen LogP contribution in [0.25, 0.3) is 0 Å². The van der Waals surface area contributed by atoms with Crippen LogP contribution in [0.4, 0.5) is 5.69 Å². The number of carbonyl (C=O) groups excluding carboxylic acids is 2. The summed E-state index contributed by atoms with van der Waals surface area (Å²) in [5.74, 6) is -0.180. The lowest BCUT2D eigenvalue weighted by atomic mass is 10.2. The van der Waals surface area contributed by atoms with Gasteiger partial charge in [-0.15, -0.1) is 11.8 Å². The number of rotatable bonds is 6. The molecule has 0 aliphatic rings. The molecule has 19 heavy (non-hydrogen) atoms. The smallest absolute Gasteiger partial charge is 0.226 e. The predicted molar refractivity (Wildman–Crippen MR) is 79.3 cm³/mol. The summed E-state index contributed by atoms with van der Waals surface area (Å²) in [5, 5.41) is 5.53. The van der Waals surface area contributed by atoms with Gasteiger partial charge in [-0.3, -0.25) is 9.59 Å². The highest BCUT2D eigenvalue weighted by Gasteiger charge is 2.07. The summed E-state index contributed by atoms with van der Waals surface area (Å²) in [6, 6.07) is 7.67. The third-order valence-electron chi connectivity index (χ3n) is 2.53. The Morgan fingerprint density at radius 2 is 2.05 bits per heavy atom. The van der Waals surface area contributed by atoms with Crippen LogP contribution in [0.1, 0.15) is 20.3 Å². The van der Waals surface area contributed by atoms with E-state index >= 15 is 0 Å². The molecule has 0 saturated carbocycles. The molecule has 0 aromatic heterocycles. The molecular formula is C14H20N2O2S. The highest BCUT2D eigenvalue weighted by molar-refractivity contribution is 7.98. The van der Waals surface area contributed by atoms with Crippen molar-refractivity contribution in [2.24, 2.45) is 5.92 Å². The minimum Gasteiger partial charge on any atom is -0.355 e. The second-order valence-corrected chi connectivity index (χ2v) is 5.36. The van der Waals surface area contributed by atoms with Gasteiger partial charge in [0.15, 0.2) is 0 Å². The van der Waals surface area contributed by atoms with E-state index in [1.54, 1.807) is 11.8 Å². The molecule has 0 saturated heterocycles. The van der Waals surface area contributed by atoms with Gasteiger partial charge in [0.05, 0.1) is 0 Å². The van der Waals surface area contributed by atoms with Crippen molar-refractivity contribution in [2.75, 3.05) is 18.1 Å². The third kappa shape index (κ3) is 5.79. The number of amides is 2. The summed E-state index contributed by atoms with van der Waals surface area (Å²) in [6.07, 6.45) is 2.27. The highest BCUT2D eigenvalue weighted by atomic mass is 32.2. The maximum Gasteiger partial charge on any atom is 0.226 e. The molecule has 1 aromatic rings. The van der Waals surface area contributed by atoms with Gasteiger partial charge in [-0.25, -0.2) is 0 Å². The monoisotopic (exact) mass is 280 g/mol. The molecule has 1 aromatic carbocycles. The Morgan fingerprint density at radius 3 is 2.68 bits per heavy atom. The molecule has 0 aliphatic heterocycles. The normalized spacial score (nSPS) is 10.3. The minimum atomic E-state index is -0.0951. The molecule has 2 N–H and O–H groups in total. The molecule has 1 rings (SSSR count). The van der Waals surface area contributed by atoms with Crippen LogP contribution < -0.4 is 10.6 Å². The predicted octanol–water partition coefficient (Wildman–Crippen LogP) is 2.51.